The van der Waals surface area contributed by atoms with Crippen LogP contribution in [0.4, 0.5) is 0 Å². The fourth-order valence-corrected chi connectivity index (χ4v) is 4.68. The summed E-state index contributed by atoms with van der Waals surface area (Å²) in [5, 5.41) is 13.8. The number of ether oxygens (including phenoxy) is 1. The molecule has 4 heterocycles. The van der Waals surface area contributed by atoms with Gasteiger partial charge >= 0.3 is 0 Å². The third-order valence-electron chi connectivity index (χ3n) is 6.24. The molecule has 2 bridgehead atoms. The van der Waals surface area contributed by atoms with Gasteiger partial charge in [-0.2, -0.15) is 0 Å². The van der Waals surface area contributed by atoms with Crippen LogP contribution in [0.1, 0.15) is 25.7 Å². The van der Waals surface area contributed by atoms with Crippen LogP contribution in [0.15, 0.2) is 48.8 Å². The molecule has 1 N–H and O–H groups in total. The molecule has 2 aliphatic heterocycles. The van der Waals surface area contributed by atoms with E-state index >= 15 is 0 Å². The van der Waals surface area contributed by atoms with E-state index in [4.69, 9.17) is 4.74 Å². The van der Waals surface area contributed by atoms with E-state index in [1.165, 1.54) is 5.39 Å². The average molecular weight is 349 g/mol. The highest BCUT2D eigenvalue weighted by Crippen LogP contribution is 2.41. The number of benzene rings is 1. The molecule has 0 aliphatic carbocycles. The second kappa shape index (κ2) is 5.83. The normalized spacial score (nSPS) is 30.6. The zero-order valence-electron chi connectivity index (χ0n) is 14.9. The highest BCUT2D eigenvalue weighted by molar-refractivity contribution is 5.84. The van der Waals surface area contributed by atoms with Gasteiger partial charge in [-0.25, -0.2) is 0 Å². The number of H-pyrrole nitrogens is 1. The molecular weight excluding hydrogens is 326 g/mol. The number of rotatable bonds is 3. The molecule has 3 aromatic rings. The lowest BCUT2D eigenvalue weighted by molar-refractivity contribution is -0.903. The number of hydroxylamine groups is 3. The zero-order valence-corrected chi connectivity index (χ0v) is 14.9. The van der Waals surface area contributed by atoms with Crippen LogP contribution in [0.25, 0.3) is 22.2 Å². The number of hydrogen-bond acceptors (Lipinski definition) is 3. The molecule has 2 fully saturated rings. The van der Waals surface area contributed by atoms with Crippen LogP contribution in [0, 0.1) is 5.21 Å². The highest BCUT2D eigenvalue weighted by Gasteiger charge is 2.47. The van der Waals surface area contributed by atoms with Crippen molar-refractivity contribution < 1.29 is 9.38 Å². The van der Waals surface area contributed by atoms with E-state index in [-0.39, 0.29) is 22.8 Å². The maximum atomic E-state index is 12.6. The van der Waals surface area contributed by atoms with Crippen molar-refractivity contribution in [3.8, 4) is 17.0 Å². The predicted octanol–water partition coefficient (Wildman–Crippen LogP) is 4.25. The van der Waals surface area contributed by atoms with Crippen LogP contribution in [0.2, 0.25) is 0 Å². The molecule has 134 valence electrons. The lowest BCUT2D eigenvalue weighted by Crippen LogP contribution is -2.55. The van der Waals surface area contributed by atoms with Crippen LogP contribution in [0.3, 0.4) is 0 Å². The Morgan fingerprint density at radius 1 is 1.12 bits per heavy atom. The molecule has 2 unspecified atom stereocenters. The quantitative estimate of drug-likeness (QED) is 0.568. The summed E-state index contributed by atoms with van der Waals surface area (Å²) in [4.78, 5) is 7.79. The zero-order chi connectivity index (χ0) is 17.7. The maximum Gasteiger partial charge on any atom is 0.138 e. The van der Waals surface area contributed by atoms with Gasteiger partial charge in [0.2, 0.25) is 0 Å². The molecule has 4 atom stereocenters. The molecule has 2 saturated heterocycles. The first-order valence-electron chi connectivity index (χ1n) is 9.37. The van der Waals surface area contributed by atoms with Crippen LogP contribution in [-0.4, -0.2) is 39.8 Å². The van der Waals surface area contributed by atoms with Gasteiger partial charge < -0.3 is 19.6 Å². The van der Waals surface area contributed by atoms with E-state index in [0.717, 1.165) is 48.2 Å². The Labute approximate surface area is 152 Å². The minimum Gasteiger partial charge on any atom is -0.633 e. The molecule has 0 amide bonds. The summed E-state index contributed by atoms with van der Waals surface area (Å²) in [6.07, 6.45) is 7.65. The van der Waals surface area contributed by atoms with Crippen molar-refractivity contribution in [2.75, 3.05) is 7.05 Å². The number of nitrogens with zero attached hydrogens (tertiary/aromatic N) is 2. The van der Waals surface area contributed by atoms with Gasteiger partial charge in [0.25, 0.3) is 0 Å². The SMILES string of the molecule is C[N@@+]1([O-])C2CC[C@H]1CC(Oc1ccc(-c3ccc4[nH]ccc4c3)nc1)C2. The second-order valence-electron chi connectivity index (χ2n) is 7.81. The van der Waals surface area contributed by atoms with Crippen LogP contribution in [0.5, 0.6) is 5.75 Å². The summed E-state index contributed by atoms with van der Waals surface area (Å²) < 4.78 is 6.09. The van der Waals surface area contributed by atoms with Crippen LogP contribution in [-0.2, 0) is 0 Å². The van der Waals surface area contributed by atoms with E-state index in [0.29, 0.717) is 0 Å². The highest BCUT2D eigenvalue weighted by atomic mass is 16.6. The Morgan fingerprint density at radius 3 is 2.65 bits per heavy atom. The van der Waals surface area contributed by atoms with Gasteiger partial charge in [-0.05, 0) is 30.3 Å². The van der Waals surface area contributed by atoms with E-state index < -0.39 is 0 Å². The largest absolute Gasteiger partial charge is 0.633 e. The van der Waals surface area contributed by atoms with E-state index in [1.807, 2.05) is 25.4 Å². The monoisotopic (exact) mass is 349 g/mol. The van der Waals surface area contributed by atoms with Crippen molar-refractivity contribution in [3.63, 3.8) is 0 Å². The number of aromatic amines is 1. The number of hydrogen-bond donors (Lipinski definition) is 1. The molecule has 26 heavy (non-hydrogen) atoms. The van der Waals surface area contributed by atoms with Crippen molar-refractivity contribution in [1.82, 2.24) is 9.97 Å². The van der Waals surface area contributed by atoms with Gasteiger partial charge in [-0.3, -0.25) is 4.98 Å². The van der Waals surface area contributed by atoms with E-state index in [9.17, 15) is 5.21 Å². The number of pyridine rings is 1. The smallest absolute Gasteiger partial charge is 0.138 e. The summed E-state index contributed by atoms with van der Waals surface area (Å²) in [6, 6.07) is 12.7. The number of quaternary nitrogens is 1. The molecule has 5 nitrogen and oxygen atoms in total. The fourth-order valence-electron chi connectivity index (χ4n) is 4.68. The molecule has 5 heteroatoms. The van der Waals surface area contributed by atoms with Crippen molar-refractivity contribution >= 4 is 10.9 Å². The number of piperidine rings is 1. The standard InChI is InChI=1S/C21H23N3O2/c1-24(25)16-3-4-17(24)12-19(11-16)26-18-5-7-21(23-13-18)14-2-6-20-15(10-14)8-9-22-20/h2,5-10,13,16-17,19,22H,3-4,11-12H2,1H3/t16-,17?,19?,24-/m0/s1. The van der Waals surface area contributed by atoms with Crippen molar-refractivity contribution in [2.45, 2.75) is 43.9 Å². The molecule has 0 spiro atoms. The van der Waals surface area contributed by atoms with Crippen molar-refractivity contribution in [1.29, 1.82) is 0 Å². The number of aromatic nitrogens is 2. The molecular formula is C21H23N3O2. The molecule has 2 aromatic heterocycles. The first-order valence-corrected chi connectivity index (χ1v) is 9.37. The van der Waals surface area contributed by atoms with Crippen LogP contribution >= 0.6 is 0 Å². The molecule has 5 rings (SSSR count). The first-order chi connectivity index (χ1) is 12.6. The van der Waals surface area contributed by atoms with Gasteiger partial charge in [0.15, 0.2) is 0 Å². The van der Waals surface area contributed by atoms with Crippen molar-refractivity contribution in [2.24, 2.45) is 0 Å². The Bertz CT molecular complexity index is 916. The van der Waals surface area contributed by atoms with Gasteiger partial charge in [0.1, 0.15) is 11.9 Å². The lowest BCUT2D eigenvalue weighted by Gasteiger charge is -2.50. The predicted molar refractivity (Wildman–Crippen MR) is 102 cm³/mol. The van der Waals surface area contributed by atoms with Crippen LogP contribution < -0.4 is 4.74 Å². The van der Waals surface area contributed by atoms with Crippen molar-refractivity contribution in [3.05, 3.63) is 54.0 Å². The Kier molecular flexibility index (Phi) is 3.55. The van der Waals surface area contributed by atoms with E-state index in [2.05, 4.69) is 34.2 Å². The van der Waals surface area contributed by atoms with Gasteiger partial charge in [-0.1, -0.05) is 6.07 Å². The summed E-state index contributed by atoms with van der Waals surface area (Å²) in [6.45, 7) is 0. The maximum absolute atomic E-state index is 12.6. The third kappa shape index (κ3) is 2.59. The molecule has 1 aromatic carbocycles. The molecule has 2 aliphatic rings. The minimum absolute atomic E-state index is 0.0708. The Morgan fingerprint density at radius 2 is 1.92 bits per heavy atom. The fraction of sp³-hybridized carbons (Fsp3) is 0.381. The molecule has 0 radical (unpaired) electrons. The van der Waals surface area contributed by atoms with Gasteiger partial charge in [0.05, 0.1) is 31.0 Å². The molecule has 0 saturated carbocycles. The Balaban J connectivity index is 1.31. The lowest BCUT2D eigenvalue weighted by atomic mass is 10.00. The van der Waals surface area contributed by atoms with Gasteiger partial charge in [-0.15, -0.1) is 0 Å². The average Bonchev–Trinajstić information content (AvgIpc) is 3.12. The summed E-state index contributed by atoms with van der Waals surface area (Å²) in [5.41, 5.74) is 3.16. The summed E-state index contributed by atoms with van der Waals surface area (Å²) in [5.74, 6) is 0.794. The first kappa shape index (κ1) is 15.9. The second-order valence-corrected chi connectivity index (χ2v) is 7.81. The summed E-state index contributed by atoms with van der Waals surface area (Å²) >= 11 is 0. The number of nitrogens with one attached hydrogen (secondary N) is 1. The van der Waals surface area contributed by atoms with Gasteiger partial charge in [0, 0.05) is 48.3 Å². The summed E-state index contributed by atoms with van der Waals surface area (Å²) in [7, 11) is 1.83. The van der Waals surface area contributed by atoms with E-state index in [1.54, 1.807) is 6.20 Å². The third-order valence-corrected chi connectivity index (χ3v) is 6.24. The Hall–Kier alpha value is -2.37. The topological polar surface area (TPSA) is 61.0 Å². The number of fused-ring (bicyclic) bond motifs is 3. The minimum atomic E-state index is -0.0708.